The van der Waals surface area contributed by atoms with E-state index in [1.54, 1.807) is 24.3 Å². The summed E-state index contributed by atoms with van der Waals surface area (Å²) in [6.07, 6.45) is 3.52. The molecular formula is C22H19ClFN3O3. The zero-order valence-corrected chi connectivity index (χ0v) is 16.8. The molecule has 8 heteroatoms. The number of ether oxygens (including phenoxy) is 1. The van der Waals surface area contributed by atoms with Gasteiger partial charge in [0.25, 0.3) is 11.8 Å². The molecule has 2 amide bonds. The summed E-state index contributed by atoms with van der Waals surface area (Å²) in [7, 11) is 0. The van der Waals surface area contributed by atoms with Crippen LogP contribution in [0.4, 0.5) is 10.1 Å². The van der Waals surface area contributed by atoms with E-state index in [1.807, 2.05) is 11.1 Å². The van der Waals surface area contributed by atoms with Gasteiger partial charge in [0.2, 0.25) is 0 Å². The topological polar surface area (TPSA) is 74.4 Å². The van der Waals surface area contributed by atoms with Gasteiger partial charge in [0, 0.05) is 35.8 Å². The highest BCUT2D eigenvalue weighted by molar-refractivity contribution is 6.31. The quantitative estimate of drug-likeness (QED) is 0.640. The molecule has 3 heterocycles. The van der Waals surface area contributed by atoms with Gasteiger partial charge in [-0.2, -0.15) is 0 Å². The standard InChI is InChI=1S/C22H19ClFN3O3/c23-16-8-14-15(10-25-18(14)9-17(16)24)12-3-5-27(6-4-12)22(29)13-1-2-20-19(7-13)26-21(28)11-30-20/h1-2,7-10,12,25H,3-6,11H2,(H,26,28). The van der Waals surface area contributed by atoms with Crippen LogP contribution >= 0.6 is 11.6 Å². The molecule has 2 aliphatic heterocycles. The molecule has 0 unspecified atom stereocenters. The van der Waals surface area contributed by atoms with Crippen molar-refractivity contribution in [3.63, 3.8) is 0 Å². The minimum Gasteiger partial charge on any atom is -0.482 e. The molecule has 0 saturated carbocycles. The number of benzene rings is 2. The molecule has 2 aromatic carbocycles. The normalized spacial score (nSPS) is 16.9. The molecular weight excluding hydrogens is 409 g/mol. The van der Waals surface area contributed by atoms with Crippen molar-refractivity contribution in [3.05, 3.63) is 58.5 Å². The smallest absolute Gasteiger partial charge is 0.262 e. The third-order valence-corrected chi connectivity index (χ3v) is 6.13. The number of aromatic nitrogens is 1. The maximum absolute atomic E-state index is 13.7. The first-order valence-corrected chi connectivity index (χ1v) is 10.2. The minimum absolute atomic E-state index is 0.0144. The van der Waals surface area contributed by atoms with Gasteiger partial charge in [-0.25, -0.2) is 4.39 Å². The number of fused-ring (bicyclic) bond motifs is 2. The second kappa shape index (κ2) is 7.32. The van der Waals surface area contributed by atoms with E-state index in [-0.39, 0.29) is 29.4 Å². The third-order valence-electron chi connectivity index (χ3n) is 5.84. The molecule has 3 aromatic rings. The van der Waals surface area contributed by atoms with E-state index in [0.717, 1.165) is 29.3 Å². The lowest BCUT2D eigenvalue weighted by Gasteiger charge is -2.32. The molecule has 2 aliphatic rings. The maximum Gasteiger partial charge on any atom is 0.262 e. The van der Waals surface area contributed by atoms with Crippen LogP contribution in [0.15, 0.2) is 36.5 Å². The molecule has 0 bridgehead atoms. The second-order valence-corrected chi connectivity index (χ2v) is 8.08. The zero-order chi connectivity index (χ0) is 20.8. The molecule has 1 aromatic heterocycles. The summed E-state index contributed by atoms with van der Waals surface area (Å²) in [5, 5.41) is 3.77. The Kier molecular flexibility index (Phi) is 4.62. The highest BCUT2D eigenvalue weighted by atomic mass is 35.5. The number of hydrogen-bond donors (Lipinski definition) is 2. The first-order valence-electron chi connectivity index (χ1n) is 9.81. The number of nitrogens with zero attached hydrogens (tertiary/aromatic N) is 1. The fourth-order valence-electron chi connectivity index (χ4n) is 4.27. The number of carbonyl (C=O) groups excluding carboxylic acids is 2. The Hall–Kier alpha value is -3.06. The van der Waals surface area contributed by atoms with Crippen molar-refractivity contribution < 1.29 is 18.7 Å². The van der Waals surface area contributed by atoms with Crippen molar-refractivity contribution in [2.45, 2.75) is 18.8 Å². The number of rotatable bonds is 2. The lowest BCUT2D eigenvalue weighted by atomic mass is 9.89. The predicted octanol–water partition coefficient (Wildman–Crippen LogP) is 4.31. The average molecular weight is 428 g/mol. The van der Waals surface area contributed by atoms with Gasteiger partial charge in [-0.15, -0.1) is 0 Å². The lowest BCUT2D eigenvalue weighted by molar-refractivity contribution is -0.118. The van der Waals surface area contributed by atoms with Gasteiger partial charge < -0.3 is 19.9 Å². The van der Waals surface area contributed by atoms with Crippen molar-refractivity contribution in [1.29, 1.82) is 0 Å². The molecule has 0 aliphatic carbocycles. The molecule has 154 valence electrons. The Balaban J connectivity index is 1.30. The fraction of sp³-hybridized carbons (Fsp3) is 0.273. The molecule has 1 saturated heterocycles. The molecule has 0 radical (unpaired) electrons. The summed E-state index contributed by atoms with van der Waals surface area (Å²) >= 11 is 5.97. The van der Waals surface area contributed by atoms with E-state index in [2.05, 4.69) is 10.3 Å². The number of anilines is 1. The van der Waals surface area contributed by atoms with Gasteiger partial charge in [-0.3, -0.25) is 9.59 Å². The van der Waals surface area contributed by atoms with Crippen LogP contribution in [0.25, 0.3) is 10.9 Å². The molecule has 6 nitrogen and oxygen atoms in total. The van der Waals surface area contributed by atoms with Crippen molar-refractivity contribution in [2.24, 2.45) is 0 Å². The summed E-state index contributed by atoms with van der Waals surface area (Å²) in [4.78, 5) is 29.4. The number of piperidine rings is 1. The summed E-state index contributed by atoms with van der Waals surface area (Å²) in [5.74, 6) is 0.0937. The van der Waals surface area contributed by atoms with Crippen LogP contribution < -0.4 is 10.1 Å². The summed E-state index contributed by atoms with van der Waals surface area (Å²) < 4.78 is 19.1. The van der Waals surface area contributed by atoms with Crippen molar-refractivity contribution >= 4 is 40.0 Å². The van der Waals surface area contributed by atoms with E-state index >= 15 is 0 Å². The number of halogens is 2. The van der Waals surface area contributed by atoms with Crippen LogP contribution in [0, 0.1) is 5.82 Å². The molecule has 2 N–H and O–H groups in total. The van der Waals surface area contributed by atoms with E-state index in [0.29, 0.717) is 30.1 Å². The number of carbonyl (C=O) groups is 2. The minimum atomic E-state index is -0.440. The van der Waals surface area contributed by atoms with Crippen LogP contribution in [-0.2, 0) is 4.79 Å². The maximum atomic E-state index is 13.7. The van der Waals surface area contributed by atoms with Crippen LogP contribution in [0.3, 0.4) is 0 Å². The SMILES string of the molecule is O=C1COc2ccc(C(=O)N3CCC(c4c[nH]c5cc(F)c(Cl)cc45)CC3)cc2N1. The van der Waals surface area contributed by atoms with Crippen molar-refractivity contribution in [3.8, 4) is 5.75 Å². The number of likely N-dealkylation sites (tertiary alicyclic amines) is 1. The van der Waals surface area contributed by atoms with Crippen molar-refractivity contribution in [2.75, 3.05) is 25.0 Å². The Labute approximate surface area is 177 Å². The van der Waals surface area contributed by atoms with Crippen LogP contribution in [-0.4, -0.2) is 41.4 Å². The number of H-pyrrole nitrogens is 1. The first-order chi connectivity index (χ1) is 14.5. The second-order valence-electron chi connectivity index (χ2n) is 7.67. The zero-order valence-electron chi connectivity index (χ0n) is 16.0. The molecule has 5 rings (SSSR count). The summed E-state index contributed by atoms with van der Waals surface area (Å²) in [6.45, 7) is 1.22. The molecule has 30 heavy (non-hydrogen) atoms. The van der Waals surface area contributed by atoms with Gasteiger partial charge in [-0.05, 0) is 54.7 Å². The van der Waals surface area contributed by atoms with Crippen LogP contribution in [0.2, 0.25) is 5.02 Å². The van der Waals surface area contributed by atoms with Gasteiger partial charge in [-0.1, -0.05) is 11.6 Å². The number of aromatic amines is 1. The Morgan fingerprint density at radius 3 is 2.80 bits per heavy atom. The lowest BCUT2D eigenvalue weighted by Crippen LogP contribution is -2.38. The van der Waals surface area contributed by atoms with Gasteiger partial charge in [0.05, 0.1) is 10.7 Å². The summed E-state index contributed by atoms with van der Waals surface area (Å²) in [6, 6.07) is 8.18. The van der Waals surface area contributed by atoms with Gasteiger partial charge in [0.1, 0.15) is 11.6 Å². The van der Waals surface area contributed by atoms with E-state index < -0.39 is 5.82 Å². The molecule has 1 fully saturated rings. The van der Waals surface area contributed by atoms with Gasteiger partial charge in [0.15, 0.2) is 6.61 Å². The highest BCUT2D eigenvalue weighted by Crippen LogP contribution is 2.36. The van der Waals surface area contributed by atoms with Crippen LogP contribution in [0.1, 0.15) is 34.7 Å². The average Bonchev–Trinajstić information content (AvgIpc) is 3.15. The number of amides is 2. The van der Waals surface area contributed by atoms with E-state index in [9.17, 15) is 14.0 Å². The fourth-order valence-corrected chi connectivity index (χ4v) is 4.43. The Morgan fingerprint density at radius 2 is 2.00 bits per heavy atom. The highest BCUT2D eigenvalue weighted by Gasteiger charge is 2.27. The Bertz CT molecular complexity index is 1170. The molecule has 0 spiro atoms. The monoisotopic (exact) mass is 427 g/mol. The first kappa shape index (κ1) is 18.9. The number of nitrogens with one attached hydrogen (secondary N) is 2. The third kappa shape index (κ3) is 3.29. The Morgan fingerprint density at radius 1 is 1.20 bits per heavy atom. The van der Waals surface area contributed by atoms with Crippen molar-refractivity contribution in [1.82, 2.24) is 9.88 Å². The van der Waals surface area contributed by atoms with E-state index in [4.69, 9.17) is 16.3 Å². The van der Waals surface area contributed by atoms with Crippen LogP contribution in [0.5, 0.6) is 5.75 Å². The predicted molar refractivity (Wildman–Crippen MR) is 112 cm³/mol. The largest absolute Gasteiger partial charge is 0.482 e. The molecule has 0 atom stereocenters. The van der Waals surface area contributed by atoms with E-state index in [1.165, 1.54) is 6.07 Å². The van der Waals surface area contributed by atoms with Gasteiger partial charge >= 0.3 is 0 Å². The summed E-state index contributed by atoms with van der Waals surface area (Å²) in [5.41, 5.74) is 2.87. The number of hydrogen-bond acceptors (Lipinski definition) is 3.